The van der Waals surface area contributed by atoms with Gasteiger partial charge in [-0.2, -0.15) is 10.2 Å². The standard InChI is InChI=1S/2C3H4N2.C3H3NS/c2*1-2-4-5-3-1;1-2-5-3-4-1/h2*1-3H,(H,4,5);1-3H. The topological polar surface area (TPSA) is 70.2 Å². The molecule has 3 heterocycles. The van der Waals surface area contributed by atoms with Crippen molar-refractivity contribution in [3.63, 3.8) is 0 Å². The number of hydrogen-bond acceptors (Lipinski definition) is 4. The highest BCUT2D eigenvalue weighted by Gasteiger charge is 1.59. The Kier molecular flexibility index (Phi) is 6.41. The number of thiazole rings is 1. The Morgan fingerprint density at radius 2 is 1.53 bits per heavy atom. The van der Waals surface area contributed by atoms with Crippen molar-refractivity contribution in [3.8, 4) is 0 Å². The summed E-state index contributed by atoms with van der Waals surface area (Å²) in [5.74, 6) is 0. The van der Waals surface area contributed by atoms with E-state index in [0.717, 1.165) is 0 Å². The van der Waals surface area contributed by atoms with Crippen molar-refractivity contribution in [2.24, 2.45) is 0 Å². The van der Waals surface area contributed by atoms with Crippen LogP contribution in [0.5, 0.6) is 0 Å². The van der Waals surface area contributed by atoms with Crippen LogP contribution >= 0.6 is 11.3 Å². The van der Waals surface area contributed by atoms with Gasteiger partial charge < -0.3 is 0 Å². The van der Waals surface area contributed by atoms with Crippen molar-refractivity contribution in [1.82, 2.24) is 25.4 Å². The summed E-state index contributed by atoms with van der Waals surface area (Å²) in [6.45, 7) is 0. The van der Waals surface area contributed by atoms with E-state index in [4.69, 9.17) is 0 Å². The van der Waals surface area contributed by atoms with Crippen molar-refractivity contribution in [1.29, 1.82) is 0 Å². The SMILES string of the molecule is c1cn[nH]c1.c1cn[nH]c1.c1cscn1. The molecule has 0 radical (unpaired) electrons. The fraction of sp³-hybridized carbons (Fsp3) is 0. The maximum absolute atomic E-state index is 3.74. The summed E-state index contributed by atoms with van der Waals surface area (Å²) in [5, 5.41) is 14.3. The fourth-order valence-corrected chi connectivity index (χ4v) is 0.957. The van der Waals surface area contributed by atoms with E-state index in [1.807, 2.05) is 17.5 Å². The van der Waals surface area contributed by atoms with Crippen LogP contribution in [0.25, 0.3) is 0 Å². The molecule has 0 bridgehead atoms. The summed E-state index contributed by atoms with van der Waals surface area (Å²) in [6.07, 6.45) is 8.69. The molecule has 0 aliphatic carbocycles. The largest absolute Gasteiger partial charge is 0.286 e. The van der Waals surface area contributed by atoms with Crippen LogP contribution < -0.4 is 0 Å². The van der Waals surface area contributed by atoms with E-state index >= 15 is 0 Å². The number of aromatic nitrogens is 5. The first-order valence-corrected chi connectivity index (χ1v) is 5.14. The zero-order valence-electron chi connectivity index (χ0n) is 7.95. The molecule has 0 unspecified atom stereocenters. The Hall–Kier alpha value is -1.95. The second-order valence-corrected chi connectivity index (χ2v) is 2.96. The molecule has 5 nitrogen and oxygen atoms in total. The highest BCUT2D eigenvalue weighted by molar-refractivity contribution is 7.07. The Balaban J connectivity index is 0.000000112. The van der Waals surface area contributed by atoms with Gasteiger partial charge in [-0.15, -0.1) is 11.3 Å². The molecule has 2 N–H and O–H groups in total. The highest BCUT2D eigenvalue weighted by atomic mass is 32.1. The molecule has 15 heavy (non-hydrogen) atoms. The lowest BCUT2D eigenvalue weighted by molar-refractivity contribution is 1.09. The molecule has 0 atom stereocenters. The van der Waals surface area contributed by atoms with E-state index in [1.54, 1.807) is 47.8 Å². The van der Waals surface area contributed by atoms with Crippen LogP contribution in [0.1, 0.15) is 0 Å². The molecule has 0 saturated carbocycles. The summed E-state index contributed by atoms with van der Waals surface area (Å²) in [7, 11) is 0. The maximum Gasteiger partial charge on any atom is 0.0791 e. The zero-order valence-corrected chi connectivity index (χ0v) is 8.76. The molecule has 0 aromatic carbocycles. The van der Waals surface area contributed by atoms with Gasteiger partial charge in [0.05, 0.1) is 5.51 Å². The molecule has 6 heteroatoms. The third-order valence-electron chi connectivity index (χ3n) is 1.16. The predicted molar refractivity (Wildman–Crippen MR) is 59.3 cm³/mol. The second kappa shape index (κ2) is 8.64. The van der Waals surface area contributed by atoms with Crippen molar-refractivity contribution in [3.05, 3.63) is 54.0 Å². The van der Waals surface area contributed by atoms with Gasteiger partial charge in [-0.3, -0.25) is 15.2 Å². The third kappa shape index (κ3) is 7.15. The van der Waals surface area contributed by atoms with Crippen LogP contribution in [0.4, 0.5) is 0 Å². The molecule has 3 aromatic heterocycles. The normalized spacial score (nSPS) is 8.00. The number of hydrogen-bond donors (Lipinski definition) is 2. The lowest BCUT2D eigenvalue weighted by Gasteiger charge is -1.49. The van der Waals surface area contributed by atoms with Gasteiger partial charge in [0.25, 0.3) is 0 Å². The van der Waals surface area contributed by atoms with Gasteiger partial charge in [0.2, 0.25) is 0 Å². The lowest BCUT2D eigenvalue weighted by Crippen LogP contribution is -1.53. The molecule has 0 amide bonds. The molecule has 3 rings (SSSR count). The smallest absolute Gasteiger partial charge is 0.0791 e. The Bertz CT molecular complexity index is 250. The number of nitrogens with zero attached hydrogens (tertiary/aromatic N) is 3. The summed E-state index contributed by atoms with van der Waals surface area (Å²) < 4.78 is 0. The first-order valence-electron chi connectivity index (χ1n) is 4.20. The third-order valence-corrected chi connectivity index (χ3v) is 1.68. The quantitative estimate of drug-likeness (QED) is 0.609. The van der Waals surface area contributed by atoms with Crippen LogP contribution in [-0.4, -0.2) is 25.4 Å². The van der Waals surface area contributed by atoms with Crippen molar-refractivity contribution >= 4 is 11.3 Å². The monoisotopic (exact) mass is 221 g/mol. The van der Waals surface area contributed by atoms with E-state index in [0.29, 0.717) is 0 Å². The maximum atomic E-state index is 3.74. The molecular weight excluding hydrogens is 210 g/mol. The summed E-state index contributed by atoms with van der Waals surface area (Å²) in [4.78, 5) is 3.74. The molecule has 0 spiro atoms. The molecule has 0 aliphatic rings. The number of aromatic amines is 2. The molecule has 0 aliphatic heterocycles. The summed E-state index contributed by atoms with van der Waals surface area (Å²) in [5.41, 5.74) is 1.79. The van der Waals surface area contributed by atoms with Gasteiger partial charge in [0, 0.05) is 36.4 Å². The average Bonchev–Trinajstić information content (AvgIpc) is 3.09. The van der Waals surface area contributed by atoms with Crippen LogP contribution in [0, 0.1) is 0 Å². The summed E-state index contributed by atoms with van der Waals surface area (Å²) >= 11 is 1.60. The minimum absolute atomic E-state index is 1.60. The van der Waals surface area contributed by atoms with Gasteiger partial charge >= 0.3 is 0 Å². The fourth-order valence-electron chi connectivity index (χ4n) is 0.606. The minimum atomic E-state index is 1.60. The lowest BCUT2D eigenvalue weighted by atomic mass is 10.8. The van der Waals surface area contributed by atoms with Crippen molar-refractivity contribution < 1.29 is 0 Å². The van der Waals surface area contributed by atoms with E-state index in [9.17, 15) is 0 Å². The van der Waals surface area contributed by atoms with E-state index in [-0.39, 0.29) is 0 Å². The molecule has 0 fully saturated rings. The number of H-pyrrole nitrogens is 2. The first-order chi connectivity index (χ1) is 7.50. The molecule has 3 aromatic rings. The Labute approximate surface area is 91.2 Å². The van der Waals surface area contributed by atoms with Crippen molar-refractivity contribution in [2.45, 2.75) is 0 Å². The van der Waals surface area contributed by atoms with Crippen molar-refractivity contribution in [2.75, 3.05) is 0 Å². The van der Waals surface area contributed by atoms with E-state index < -0.39 is 0 Å². The summed E-state index contributed by atoms with van der Waals surface area (Å²) in [6, 6.07) is 3.67. The highest BCUT2D eigenvalue weighted by Crippen LogP contribution is 1.85. The number of rotatable bonds is 0. The van der Waals surface area contributed by atoms with E-state index in [2.05, 4.69) is 25.4 Å². The first kappa shape index (κ1) is 11.1. The van der Waals surface area contributed by atoms with Gasteiger partial charge in [-0.1, -0.05) is 0 Å². The molecule has 0 saturated heterocycles. The average molecular weight is 221 g/mol. The van der Waals surface area contributed by atoms with Crippen LogP contribution in [0.15, 0.2) is 54.0 Å². The second-order valence-electron chi connectivity index (χ2n) is 2.21. The molecular formula is C9H11N5S. The molecule has 78 valence electrons. The Morgan fingerprint density at radius 1 is 0.867 bits per heavy atom. The van der Waals surface area contributed by atoms with Crippen LogP contribution in [0.2, 0.25) is 0 Å². The minimum Gasteiger partial charge on any atom is -0.286 e. The predicted octanol–water partition coefficient (Wildman–Crippen LogP) is 1.96. The van der Waals surface area contributed by atoms with Gasteiger partial charge in [-0.25, -0.2) is 0 Å². The van der Waals surface area contributed by atoms with Gasteiger partial charge in [-0.05, 0) is 12.1 Å². The van der Waals surface area contributed by atoms with E-state index in [1.165, 1.54) is 0 Å². The number of nitrogens with one attached hydrogen (secondary N) is 2. The Morgan fingerprint density at radius 3 is 1.67 bits per heavy atom. The van der Waals surface area contributed by atoms with Crippen LogP contribution in [-0.2, 0) is 0 Å². The van der Waals surface area contributed by atoms with Crippen LogP contribution in [0.3, 0.4) is 0 Å². The zero-order chi connectivity index (χ0) is 10.6. The van der Waals surface area contributed by atoms with Gasteiger partial charge in [0.1, 0.15) is 0 Å². The van der Waals surface area contributed by atoms with Gasteiger partial charge in [0.15, 0.2) is 0 Å².